The number of hydrogen-bond donors (Lipinski definition) is 1. The van der Waals surface area contributed by atoms with Gasteiger partial charge in [0.2, 0.25) is 0 Å². The molecule has 2 aromatic heterocycles. The van der Waals surface area contributed by atoms with Gasteiger partial charge in [-0.25, -0.2) is 9.37 Å². The molecule has 0 aliphatic carbocycles. The second kappa shape index (κ2) is 7.60. The number of benzene rings is 2. The van der Waals surface area contributed by atoms with E-state index in [1.54, 1.807) is 26.4 Å². The number of hydrogen-bond acceptors (Lipinski definition) is 4. The number of methoxy groups -OCH3 is 2. The van der Waals surface area contributed by atoms with E-state index < -0.39 is 0 Å². The molecule has 0 aliphatic heterocycles. The minimum absolute atomic E-state index is 0.246. The molecule has 2 heterocycles. The minimum Gasteiger partial charge on any atom is -0.493 e. The molecule has 0 atom stereocenters. The maximum atomic E-state index is 13.2. The number of rotatable bonds is 6. The summed E-state index contributed by atoms with van der Waals surface area (Å²) in [6.07, 6.45) is 1.96. The van der Waals surface area contributed by atoms with Gasteiger partial charge in [0.25, 0.3) is 0 Å². The Morgan fingerprint density at radius 1 is 0.964 bits per heavy atom. The molecule has 0 bridgehead atoms. The molecule has 0 fully saturated rings. The Morgan fingerprint density at radius 2 is 1.75 bits per heavy atom. The number of halogens is 1. The Labute approximate surface area is 162 Å². The third kappa shape index (κ3) is 3.36. The fourth-order valence-corrected chi connectivity index (χ4v) is 3.14. The molecule has 0 radical (unpaired) electrons. The van der Waals surface area contributed by atoms with Crippen LogP contribution in [0.15, 0.2) is 66.9 Å². The largest absolute Gasteiger partial charge is 0.493 e. The van der Waals surface area contributed by atoms with E-state index in [1.807, 2.05) is 47.0 Å². The zero-order valence-corrected chi connectivity index (χ0v) is 15.6. The monoisotopic (exact) mass is 377 g/mol. The number of anilines is 1. The fourth-order valence-electron chi connectivity index (χ4n) is 3.14. The summed E-state index contributed by atoms with van der Waals surface area (Å²) < 4.78 is 25.9. The number of nitrogens with zero attached hydrogens (tertiary/aromatic N) is 2. The van der Waals surface area contributed by atoms with E-state index in [-0.39, 0.29) is 5.82 Å². The van der Waals surface area contributed by atoms with Gasteiger partial charge < -0.3 is 14.8 Å². The lowest BCUT2D eigenvalue weighted by molar-refractivity contribution is 0.355. The van der Waals surface area contributed by atoms with Gasteiger partial charge in [-0.05, 0) is 48.0 Å². The highest BCUT2D eigenvalue weighted by molar-refractivity contribution is 5.78. The molecule has 28 heavy (non-hydrogen) atoms. The summed E-state index contributed by atoms with van der Waals surface area (Å²) in [5, 5.41) is 3.44. The number of nitrogens with one attached hydrogen (secondary N) is 1. The van der Waals surface area contributed by atoms with Crippen molar-refractivity contribution in [2.75, 3.05) is 19.5 Å². The lowest BCUT2D eigenvalue weighted by Gasteiger charge is -2.11. The highest BCUT2D eigenvalue weighted by Gasteiger charge is 2.16. The minimum atomic E-state index is -0.246. The molecule has 2 aromatic carbocycles. The van der Waals surface area contributed by atoms with Crippen molar-refractivity contribution >= 4 is 11.5 Å². The molecule has 0 unspecified atom stereocenters. The molecule has 1 N–H and O–H groups in total. The van der Waals surface area contributed by atoms with Crippen LogP contribution in [-0.4, -0.2) is 23.6 Å². The molecule has 4 aromatic rings. The van der Waals surface area contributed by atoms with Crippen molar-refractivity contribution in [3.63, 3.8) is 0 Å². The van der Waals surface area contributed by atoms with Crippen molar-refractivity contribution in [2.24, 2.45) is 0 Å². The van der Waals surface area contributed by atoms with Crippen LogP contribution in [0, 0.1) is 5.82 Å². The lowest BCUT2D eigenvalue weighted by atomic mass is 10.1. The number of ether oxygens (including phenoxy) is 2. The average Bonchev–Trinajstić information content (AvgIpc) is 3.11. The van der Waals surface area contributed by atoms with E-state index >= 15 is 0 Å². The molecular formula is C22H20FN3O2. The summed E-state index contributed by atoms with van der Waals surface area (Å²) >= 11 is 0. The second-order valence-electron chi connectivity index (χ2n) is 6.29. The van der Waals surface area contributed by atoms with Crippen molar-refractivity contribution in [1.29, 1.82) is 0 Å². The number of pyridine rings is 1. The van der Waals surface area contributed by atoms with Gasteiger partial charge >= 0.3 is 0 Å². The Bertz CT molecular complexity index is 1110. The van der Waals surface area contributed by atoms with Crippen LogP contribution < -0.4 is 14.8 Å². The van der Waals surface area contributed by atoms with E-state index in [2.05, 4.69) is 5.32 Å². The summed E-state index contributed by atoms with van der Waals surface area (Å²) in [5.41, 5.74) is 3.51. The van der Waals surface area contributed by atoms with Crippen LogP contribution in [0.2, 0.25) is 0 Å². The van der Waals surface area contributed by atoms with Crippen molar-refractivity contribution in [3.05, 3.63) is 78.2 Å². The van der Waals surface area contributed by atoms with Gasteiger partial charge in [0, 0.05) is 18.3 Å². The Kier molecular flexibility index (Phi) is 4.85. The SMILES string of the molecule is COc1ccc(-c2nc3ccccn3c2NCc2ccc(F)cc2)cc1OC. The van der Waals surface area contributed by atoms with Crippen LogP contribution in [0.5, 0.6) is 11.5 Å². The van der Waals surface area contributed by atoms with Crippen molar-refractivity contribution in [3.8, 4) is 22.8 Å². The van der Waals surface area contributed by atoms with E-state index in [0.717, 1.165) is 28.3 Å². The summed E-state index contributed by atoms with van der Waals surface area (Å²) in [4.78, 5) is 4.78. The molecule has 142 valence electrons. The third-order valence-corrected chi connectivity index (χ3v) is 4.56. The van der Waals surface area contributed by atoms with Gasteiger partial charge in [0.05, 0.1) is 14.2 Å². The maximum Gasteiger partial charge on any atom is 0.161 e. The zero-order chi connectivity index (χ0) is 19.5. The van der Waals surface area contributed by atoms with Crippen molar-refractivity contribution in [1.82, 2.24) is 9.38 Å². The average molecular weight is 377 g/mol. The summed E-state index contributed by atoms with van der Waals surface area (Å²) in [6, 6.07) is 18.0. The van der Waals surface area contributed by atoms with Gasteiger partial charge in [-0.2, -0.15) is 0 Å². The smallest absolute Gasteiger partial charge is 0.161 e. The Morgan fingerprint density at radius 3 is 2.50 bits per heavy atom. The molecule has 6 heteroatoms. The fraction of sp³-hybridized carbons (Fsp3) is 0.136. The molecule has 0 aliphatic rings. The van der Waals surface area contributed by atoms with Crippen LogP contribution in [0.1, 0.15) is 5.56 Å². The number of fused-ring (bicyclic) bond motifs is 1. The Hall–Kier alpha value is -3.54. The normalized spacial score (nSPS) is 10.8. The number of aromatic nitrogens is 2. The van der Waals surface area contributed by atoms with E-state index in [0.29, 0.717) is 18.0 Å². The molecule has 4 rings (SSSR count). The summed E-state index contributed by atoms with van der Waals surface area (Å²) in [7, 11) is 3.22. The molecular weight excluding hydrogens is 357 g/mol. The first kappa shape index (κ1) is 17.9. The topological polar surface area (TPSA) is 47.8 Å². The predicted molar refractivity (Wildman–Crippen MR) is 107 cm³/mol. The van der Waals surface area contributed by atoms with Gasteiger partial charge in [-0.1, -0.05) is 18.2 Å². The standard InChI is InChI=1S/C22H20FN3O2/c1-27-18-11-8-16(13-19(18)28-2)21-22(26-12-4-3-5-20(26)25-21)24-14-15-6-9-17(23)10-7-15/h3-13,24H,14H2,1-2H3. The Balaban J connectivity index is 1.76. The zero-order valence-electron chi connectivity index (χ0n) is 15.6. The number of imidazole rings is 1. The van der Waals surface area contributed by atoms with Crippen LogP contribution in [0.25, 0.3) is 16.9 Å². The second-order valence-corrected chi connectivity index (χ2v) is 6.29. The highest BCUT2D eigenvalue weighted by Crippen LogP contribution is 2.35. The van der Waals surface area contributed by atoms with Crippen LogP contribution in [0.4, 0.5) is 10.2 Å². The first-order valence-corrected chi connectivity index (χ1v) is 8.87. The van der Waals surface area contributed by atoms with Crippen LogP contribution >= 0.6 is 0 Å². The molecule has 5 nitrogen and oxygen atoms in total. The molecule has 0 saturated heterocycles. The quantitative estimate of drug-likeness (QED) is 0.526. The van der Waals surface area contributed by atoms with Gasteiger partial charge in [0.1, 0.15) is 23.0 Å². The molecule has 0 saturated carbocycles. The maximum absolute atomic E-state index is 13.2. The van der Waals surface area contributed by atoms with Crippen LogP contribution in [0.3, 0.4) is 0 Å². The van der Waals surface area contributed by atoms with Crippen molar-refractivity contribution in [2.45, 2.75) is 6.54 Å². The lowest BCUT2D eigenvalue weighted by Crippen LogP contribution is -2.03. The van der Waals surface area contributed by atoms with Gasteiger partial charge in [-0.15, -0.1) is 0 Å². The molecule has 0 spiro atoms. The summed E-state index contributed by atoms with van der Waals surface area (Å²) in [6.45, 7) is 0.545. The first-order chi connectivity index (χ1) is 13.7. The third-order valence-electron chi connectivity index (χ3n) is 4.56. The molecule has 0 amide bonds. The predicted octanol–water partition coefficient (Wildman–Crippen LogP) is 4.77. The van der Waals surface area contributed by atoms with Crippen molar-refractivity contribution < 1.29 is 13.9 Å². The van der Waals surface area contributed by atoms with E-state index in [1.165, 1.54) is 12.1 Å². The highest BCUT2D eigenvalue weighted by atomic mass is 19.1. The van der Waals surface area contributed by atoms with E-state index in [9.17, 15) is 4.39 Å². The van der Waals surface area contributed by atoms with E-state index in [4.69, 9.17) is 14.5 Å². The van der Waals surface area contributed by atoms with Crippen LogP contribution in [-0.2, 0) is 6.54 Å². The van der Waals surface area contributed by atoms with Gasteiger partial charge in [0.15, 0.2) is 11.5 Å². The first-order valence-electron chi connectivity index (χ1n) is 8.87. The van der Waals surface area contributed by atoms with Gasteiger partial charge in [-0.3, -0.25) is 4.40 Å². The summed E-state index contributed by atoms with van der Waals surface area (Å²) in [5.74, 6) is 1.91.